The molecule has 82 valence electrons. The molecule has 14 heavy (non-hydrogen) atoms. The van der Waals surface area contributed by atoms with Crippen LogP contribution in [0.1, 0.15) is 26.2 Å². The van der Waals surface area contributed by atoms with E-state index in [4.69, 9.17) is 0 Å². The standard InChI is InChI=1S/C11H23N3/c1-11(14-9-4-5-10-14)12(2)7-6-8-13(11)3/h4-10H2,1-3H3. The van der Waals surface area contributed by atoms with E-state index in [-0.39, 0.29) is 5.79 Å². The molecule has 0 aromatic carbocycles. The Kier molecular flexibility index (Phi) is 2.82. The smallest absolute Gasteiger partial charge is 0.127 e. The highest BCUT2D eigenvalue weighted by molar-refractivity contribution is 4.89. The molecule has 2 saturated heterocycles. The summed E-state index contributed by atoms with van der Waals surface area (Å²) < 4.78 is 0. The largest absolute Gasteiger partial charge is 0.276 e. The van der Waals surface area contributed by atoms with Crippen LogP contribution in [-0.2, 0) is 0 Å². The van der Waals surface area contributed by atoms with Gasteiger partial charge in [0.2, 0.25) is 0 Å². The quantitative estimate of drug-likeness (QED) is 0.621. The van der Waals surface area contributed by atoms with Crippen LogP contribution < -0.4 is 0 Å². The number of hydrogen-bond donors (Lipinski definition) is 0. The molecule has 3 heteroatoms. The fourth-order valence-electron chi connectivity index (χ4n) is 2.88. The van der Waals surface area contributed by atoms with Crippen molar-refractivity contribution in [2.45, 2.75) is 32.0 Å². The Morgan fingerprint density at radius 1 is 0.786 bits per heavy atom. The second kappa shape index (κ2) is 3.80. The van der Waals surface area contributed by atoms with E-state index in [9.17, 15) is 0 Å². The normalized spacial score (nSPS) is 31.1. The molecule has 2 aliphatic rings. The molecular weight excluding hydrogens is 174 g/mol. The van der Waals surface area contributed by atoms with E-state index in [1.165, 1.54) is 45.4 Å². The van der Waals surface area contributed by atoms with Gasteiger partial charge in [0, 0.05) is 26.2 Å². The fraction of sp³-hybridized carbons (Fsp3) is 1.00. The first-order chi connectivity index (χ1) is 6.65. The fourth-order valence-corrected chi connectivity index (χ4v) is 2.88. The lowest BCUT2D eigenvalue weighted by atomic mass is 10.1. The third kappa shape index (κ3) is 1.47. The molecule has 0 amide bonds. The van der Waals surface area contributed by atoms with Crippen molar-refractivity contribution in [1.29, 1.82) is 0 Å². The van der Waals surface area contributed by atoms with Gasteiger partial charge in [-0.25, -0.2) is 0 Å². The van der Waals surface area contributed by atoms with Crippen molar-refractivity contribution in [3.8, 4) is 0 Å². The van der Waals surface area contributed by atoms with Crippen molar-refractivity contribution in [3.05, 3.63) is 0 Å². The van der Waals surface area contributed by atoms with Gasteiger partial charge in [-0.05, 0) is 40.3 Å². The molecule has 2 fully saturated rings. The van der Waals surface area contributed by atoms with E-state index < -0.39 is 0 Å². The van der Waals surface area contributed by atoms with Crippen LogP contribution in [-0.4, -0.2) is 60.8 Å². The van der Waals surface area contributed by atoms with Crippen LogP contribution in [0.2, 0.25) is 0 Å². The molecule has 0 unspecified atom stereocenters. The summed E-state index contributed by atoms with van der Waals surface area (Å²) in [5.41, 5.74) is 0. The second-order valence-corrected chi connectivity index (χ2v) is 4.86. The monoisotopic (exact) mass is 197 g/mol. The lowest BCUT2D eigenvalue weighted by Gasteiger charge is -2.54. The minimum absolute atomic E-state index is 0.175. The number of rotatable bonds is 1. The Bertz CT molecular complexity index is 189. The topological polar surface area (TPSA) is 9.72 Å². The first-order valence-corrected chi connectivity index (χ1v) is 5.83. The SMILES string of the molecule is CN1CCCN(C)C1(C)N1CCCC1. The molecule has 0 atom stereocenters. The third-order valence-electron chi connectivity index (χ3n) is 4.14. The summed E-state index contributed by atoms with van der Waals surface area (Å²) in [4.78, 5) is 7.63. The average molecular weight is 197 g/mol. The predicted octanol–water partition coefficient (Wildman–Crippen LogP) is 1.02. The zero-order chi connectivity index (χ0) is 10.2. The van der Waals surface area contributed by atoms with E-state index >= 15 is 0 Å². The van der Waals surface area contributed by atoms with Gasteiger partial charge in [0.05, 0.1) is 0 Å². The Hall–Kier alpha value is -0.120. The Balaban J connectivity index is 2.15. The first kappa shape index (κ1) is 10.4. The van der Waals surface area contributed by atoms with Gasteiger partial charge in [-0.1, -0.05) is 0 Å². The van der Waals surface area contributed by atoms with Crippen LogP contribution in [0, 0.1) is 0 Å². The summed E-state index contributed by atoms with van der Waals surface area (Å²) in [6, 6.07) is 0. The molecular formula is C11H23N3. The Morgan fingerprint density at radius 3 is 1.79 bits per heavy atom. The van der Waals surface area contributed by atoms with Crippen LogP contribution in [0.5, 0.6) is 0 Å². The third-order valence-corrected chi connectivity index (χ3v) is 4.14. The molecule has 2 rings (SSSR count). The van der Waals surface area contributed by atoms with Crippen molar-refractivity contribution >= 4 is 0 Å². The molecule has 0 aliphatic carbocycles. The van der Waals surface area contributed by atoms with Gasteiger partial charge < -0.3 is 0 Å². The Labute approximate surface area is 87.7 Å². The maximum atomic E-state index is 2.63. The van der Waals surface area contributed by atoms with Gasteiger partial charge in [0.1, 0.15) is 5.79 Å². The van der Waals surface area contributed by atoms with Crippen molar-refractivity contribution in [2.24, 2.45) is 0 Å². The lowest BCUT2D eigenvalue weighted by molar-refractivity contribution is -0.150. The number of likely N-dealkylation sites (tertiary alicyclic amines) is 1. The Morgan fingerprint density at radius 2 is 1.29 bits per heavy atom. The van der Waals surface area contributed by atoms with Crippen molar-refractivity contribution in [2.75, 3.05) is 40.3 Å². The highest BCUT2D eigenvalue weighted by Gasteiger charge is 2.42. The molecule has 0 spiro atoms. The van der Waals surface area contributed by atoms with Crippen LogP contribution in [0.15, 0.2) is 0 Å². The number of hydrogen-bond acceptors (Lipinski definition) is 3. The molecule has 2 heterocycles. The molecule has 0 N–H and O–H groups in total. The summed E-state index contributed by atoms with van der Waals surface area (Å²) >= 11 is 0. The minimum atomic E-state index is 0.175. The molecule has 0 aromatic heterocycles. The van der Waals surface area contributed by atoms with E-state index in [2.05, 4.69) is 35.7 Å². The maximum absolute atomic E-state index is 2.63. The van der Waals surface area contributed by atoms with Crippen LogP contribution in [0.3, 0.4) is 0 Å². The van der Waals surface area contributed by atoms with Gasteiger partial charge in [-0.3, -0.25) is 14.7 Å². The van der Waals surface area contributed by atoms with Gasteiger partial charge in [-0.2, -0.15) is 0 Å². The molecule has 0 aromatic rings. The predicted molar refractivity (Wildman–Crippen MR) is 59.1 cm³/mol. The molecule has 3 nitrogen and oxygen atoms in total. The maximum Gasteiger partial charge on any atom is 0.127 e. The highest BCUT2D eigenvalue weighted by Crippen LogP contribution is 2.29. The van der Waals surface area contributed by atoms with Crippen molar-refractivity contribution in [1.82, 2.24) is 14.7 Å². The van der Waals surface area contributed by atoms with Gasteiger partial charge in [0.25, 0.3) is 0 Å². The summed E-state index contributed by atoms with van der Waals surface area (Å²) in [6.07, 6.45) is 4.05. The van der Waals surface area contributed by atoms with Crippen LogP contribution in [0.25, 0.3) is 0 Å². The molecule has 2 aliphatic heterocycles. The molecule has 0 saturated carbocycles. The van der Waals surface area contributed by atoms with E-state index in [0.29, 0.717) is 0 Å². The van der Waals surface area contributed by atoms with Gasteiger partial charge in [0.15, 0.2) is 0 Å². The summed E-state index contributed by atoms with van der Waals surface area (Å²) in [5.74, 6) is 0.175. The van der Waals surface area contributed by atoms with Gasteiger partial charge in [-0.15, -0.1) is 0 Å². The van der Waals surface area contributed by atoms with E-state index in [1.807, 2.05) is 0 Å². The van der Waals surface area contributed by atoms with Crippen LogP contribution >= 0.6 is 0 Å². The van der Waals surface area contributed by atoms with E-state index in [0.717, 1.165) is 0 Å². The minimum Gasteiger partial charge on any atom is -0.276 e. The van der Waals surface area contributed by atoms with Gasteiger partial charge >= 0.3 is 0 Å². The molecule has 0 radical (unpaired) electrons. The van der Waals surface area contributed by atoms with Crippen molar-refractivity contribution in [3.63, 3.8) is 0 Å². The zero-order valence-corrected chi connectivity index (χ0v) is 9.79. The lowest BCUT2D eigenvalue weighted by Crippen LogP contribution is -2.68. The molecule has 0 bridgehead atoms. The first-order valence-electron chi connectivity index (χ1n) is 5.83. The summed E-state index contributed by atoms with van der Waals surface area (Å²) in [7, 11) is 4.52. The second-order valence-electron chi connectivity index (χ2n) is 4.86. The number of nitrogens with zero attached hydrogens (tertiary/aromatic N) is 3. The summed E-state index contributed by atoms with van der Waals surface area (Å²) in [5, 5.41) is 0. The highest BCUT2D eigenvalue weighted by atomic mass is 15.6. The van der Waals surface area contributed by atoms with Crippen molar-refractivity contribution < 1.29 is 0 Å². The average Bonchev–Trinajstić information content (AvgIpc) is 2.67. The van der Waals surface area contributed by atoms with E-state index in [1.54, 1.807) is 0 Å². The zero-order valence-electron chi connectivity index (χ0n) is 9.79. The summed E-state index contributed by atoms with van der Waals surface area (Å²) in [6.45, 7) is 7.38. The van der Waals surface area contributed by atoms with Crippen LogP contribution in [0.4, 0.5) is 0 Å².